The largest absolute Gasteiger partial charge is 0.459 e. The number of esters is 1. The van der Waals surface area contributed by atoms with Gasteiger partial charge in [0, 0.05) is 6.04 Å². The van der Waals surface area contributed by atoms with Crippen LogP contribution in [0.2, 0.25) is 0 Å². The van der Waals surface area contributed by atoms with Gasteiger partial charge in [-0.05, 0) is 51.0 Å². The lowest BCUT2D eigenvalue weighted by atomic mass is 9.89. The van der Waals surface area contributed by atoms with Gasteiger partial charge in [-0.1, -0.05) is 37.3 Å². The topological polar surface area (TPSA) is 55.8 Å². The first-order valence-electron chi connectivity index (χ1n) is 8.98. The lowest BCUT2D eigenvalue weighted by Gasteiger charge is -2.37. The maximum atomic E-state index is 12.8. The second-order valence-corrected chi connectivity index (χ2v) is 8.19. The second-order valence-electron chi connectivity index (χ2n) is 8.19. The molecule has 0 spiro atoms. The van der Waals surface area contributed by atoms with E-state index in [1.807, 2.05) is 51.1 Å². The van der Waals surface area contributed by atoms with Gasteiger partial charge in [-0.25, -0.2) is 9.59 Å². The van der Waals surface area contributed by atoms with Crippen molar-refractivity contribution in [2.24, 2.45) is 11.8 Å². The van der Waals surface area contributed by atoms with Gasteiger partial charge in [0.1, 0.15) is 18.2 Å². The van der Waals surface area contributed by atoms with E-state index in [1.165, 1.54) is 0 Å². The number of piperidine rings is 1. The maximum Gasteiger partial charge on any atom is 0.411 e. The molecule has 1 aromatic rings. The molecule has 2 fully saturated rings. The Balaban J connectivity index is 1.72. The number of likely N-dealkylation sites (tertiary alicyclic amines) is 1. The number of nitrogens with zero attached hydrogens (tertiary/aromatic N) is 1. The first kappa shape index (κ1) is 17.8. The Morgan fingerprint density at radius 1 is 1.16 bits per heavy atom. The maximum absolute atomic E-state index is 12.8. The fraction of sp³-hybridized carbons (Fsp3) is 0.600. The summed E-state index contributed by atoms with van der Waals surface area (Å²) in [5.41, 5.74) is 0.360. The lowest BCUT2D eigenvalue weighted by molar-refractivity contribution is -0.153. The van der Waals surface area contributed by atoms with Crippen molar-refractivity contribution < 1.29 is 19.1 Å². The fourth-order valence-corrected chi connectivity index (χ4v) is 4.03. The van der Waals surface area contributed by atoms with E-state index in [1.54, 1.807) is 4.90 Å². The van der Waals surface area contributed by atoms with Gasteiger partial charge < -0.3 is 9.47 Å². The van der Waals surface area contributed by atoms with E-state index < -0.39 is 17.7 Å². The van der Waals surface area contributed by atoms with Crippen LogP contribution in [0, 0.1) is 11.8 Å². The SMILES string of the molecule is CC1CC2C[C@H]1[C@@H](C(=O)OCc1ccccc1)N2C(=O)OC(C)(C)C. The third kappa shape index (κ3) is 3.80. The van der Waals surface area contributed by atoms with Crippen LogP contribution in [0.15, 0.2) is 30.3 Å². The molecule has 1 heterocycles. The van der Waals surface area contributed by atoms with E-state index >= 15 is 0 Å². The first-order chi connectivity index (χ1) is 11.8. The number of carbonyl (C=O) groups excluding carboxylic acids is 2. The lowest BCUT2D eigenvalue weighted by Crippen LogP contribution is -2.52. The minimum Gasteiger partial charge on any atom is -0.459 e. The number of carbonyl (C=O) groups is 2. The van der Waals surface area contributed by atoms with Gasteiger partial charge in [0.2, 0.25) is 0 Å². The smallest absolute Gasteiger partial charge is 0.411 e. The van der Waals surface area contributed by atoms with Gasteiger partial charge in [-0.2, -0.15) is 0 Å². The van der Waals surface area contributed by atoms with Crippen LogP contribution in [0.25, 0.3) is 0 Å². The molecule has 0 aromatic heterocycles. The molecule has 136 valence electrons. The summed E-state index contributed by atoms with van der Waals surface area (Å²) >= 11 is 0. The van der Waals surface area contributed by atoms with Gasteiger partial charge in [0.15, 0.2) is 0 Å². The molecule has 1 saturated carbocycles. The van der Waals surface area contributed by atoms with Gasteiger partial charge in [0.25, 0.3) is 0 Å². The first-order valence-corrected chi connectivity index (χ1v) is 8.98. The van der Waals surface area contributed by atoms with Gasteiger partial charge in [0.05, 0.1) is 0 Å². The highest BCUT2D eigenvalue weighted by molar-refractivity contribution is 5.83. The molecular formula is C20H27NO4. The summed E-state index contributed by atoms with van der Waals surface area (Å²) in [6.45, 7) is 7.89. The highest BCUT2D eigenvalue weighted by Crippen LogP contribution is 2.47. The fourth-order valence-electron chi connectivity index (χ4n) is 4.03. The highest BCUT2D eigenvalue weighted by Gasteiger charge is 2.56. The molecular weight excluding hydrogens is 318 g/mol. The monoisotopic (exact) mass is 345 g/mol. The molecule has 2 bridgehead atoms. The van der Waals surface area contributed by atoms with Crippen molar-refractivity contribution in [3.8, 4) is 0 Å². The quantitative estimate of drug-likeness (QED) is 0.783. The number of ether oxygens (including phenoxy) is 2. The molecule has 2 unspecified atom stereocenters. The zero-order chi connectivity index (χ0) is 18.2. The number of amides is 1. The molecule has 0 N–H and O–H groups in total. The number of hydrogen-bond acceptors (Lipinski definition) is 4. The van der Waals surface area contributed by atoms with Crippen LogP contribution in [0.3, 0.4) is 0 Å². The van der Waals surface area contributed by atoms with Crippen molar-refractivity contribution in [2.75, 3.05) is 0 Å². The number of benzene rings is 1. The Bertz CT molecular complexity index is 637. The van der Waals surface area contributed by atoms with Crippen molar-refractivity contribution in [3.63, 3.8) is 0 Å². The molecule has 25 heavy (non-hydrogen) atoms. The second kappa shape index (κ2) is 6.70. The summed E-state index contributed by atoms with van der Waals surface area (Å²) in [6.07, 6.45) is 1.37. The summed E-state index contributed by atoms with van der Waals surface area (Å²) in [5, 5.41) is 0. The third-order valence-electron chi connectivity index (χ3n) is 5.09. The molecule has 0 radical (unpaired) electrons. The Kier molecular flexibility index (Phi) is 4.76. The highest BCUT2D eigenvalue weighted by atomic mass is 16.6. The van der Waals surface area contributed by atoms with Crippen LogP contribution in [0.5, 0.6) is 0 Å². The van der Waals surface area contributed by atoms with E-state index in [0.717, 1.165) is 18.4 Å². The molecule has 5 heteroatoms. The van der Waals surface area contributed by atoms with E-state index in [-0.39, 0.29) is 24.5 Å². The minimum atomic E-state index is -0.580. The van der Waals surface area contributed by atoms with Gasteiger partial charge >= 0.3 is 12.1 Å². The molecule has 1 saturated heterocycles. The van der Waals surface area contributed by atoms with Crippen molar-refractivity contribution in [3.05, 3.63) is 35.9 Å². The summed E-state index contributed by atoms with van der Waals surface area (Å²) < 4.78 is 11.1. The summed E-state index contributed by atoms with van der Waals surface area (Å²) in [7, 11) is 0. The normalized spacial score (nSPS) is 28.1. The van der Waals surface area contributed by atoms with E-state index in [0.29, 0.717) is 5.92 Å². The molecule has 3 rings (SSSR count). The molecule has 1 amide bonds. The molecule has 4 atom stereocenters. The van der Waals surface area contributed by atoms with Crippen molar-refractivity contribution in [1.82, 2.24) is 4.90 Å². The predicted octanol–water partition coefficient (Wildman–Crippen LogP) is 3.76. The zero-order valence-electron chi connectivity index (χ0n) is 15.4. The molecule has 5 nitrogen and oxygen atoms in total. The number of hydrogen-bond donors (Lipinski definition) is 0. The average molecular weight is 345 g/mol. The van der Waals surface area contributed by atoms with Gasteiger partial charge in [-0.3, -0.25) is 4.90 Å². The third-order valence-corrected chi connectivity index (χ3v) is 5.09. The van der Waals surface area contributed by atoms with Crippen LogP contribution >= 0.6 is 0 Å². The molecule has 1 aliphatic heterocycles. The summed E-state index contributed by atoms with van der Waals surface area (Å²) in [6, 6.07) is 9.13. The number of fused-ring (bicyclic) bond motifs is 2. The molecule has 1 aromatic carbocycles. The predicted molar refractivity (Wildman–Crippen MR) is 93.8 cm³/mol. The average Bonchev–Trinajstić information content (AvgIpc) is 3.08. The summed E-state index contributed by atoms with van der Waals surface area (Å²) in [4.78, 5) is 27.0. The molecule has 1 aliphatic carbocycles. The Morgan fingerprint density at radius 3 is 2.48 bits per heavy atom. The van der Waals surface area contributed by atoms with E-state index in [4.69, 9.17) is 9.47 Å². The standard InChI is InChI=1S/C20H27NO4/c1-13-10-15-11-16(13)17(21(15)19(23)25-20(2,3)4)18(22)24-12-14-8-6-5-7-9-14/h5-9,13,15-17H,10-12H2,1-4H3/t13?,15?,16-,17+/m1/s1. The Hall–Kier alpha value is -2.04. The van der Waals surface area contributed by atoms with Crippen molar-refractivity contribution >= 4 is 12.1 Å². The van der Waals surface area contributed by atoms with Crippen LogP contribution in [0.1, 0.15) is 46.1 Å². The molecule has 2 aliphatic rings. The van der Waals surface area contributed by atoms with Crippen molar-refractivity contribution in [1.29, 1.82) is 0 Å². The minimum absolute atomic E-state index is 0.0733. The van der Waals surface area contributed by atoms with Crippen LogP contribution in [-0.2, 0) is 20.9 Å². The Morgan fingerprint density at radius 2 is 1.84 bits per heavy atom. The van der Waals surface area contributed by atoms with Crippen LogP contribution in [-0.4, -0.2) is 34.6 Å². The van der Waals surface area contributed by atoms with Gasteiger partial charge in [-0.15, -0.1) is 0 Å². The van der Waals surface area contributed by atoms with E-state index in [2.05, 4.69) is 6.92 Å². The summed E-state index contributed by atoms with van der Waals surface area (Å²) in [5.74, 6) is 0.243. The Labute approximate surface area is 149 Å². The van der Waals surface area contributed by atoms with Crippen LogP contribution < -0.4 is 0 Å². The van der Waals surface area contributed by atoms with Crippen molar-refractivity contribution in [2.45, 2.75) is 64.8 Å². The number of rotatable bonds is 3. The van der Waals surface area contributed by atoms with Crippen LogP contribution in [0.4, 0.5) is 4.79 Å². The zero-order valence-corrected chi connectivity index (χ0v) is 15.4. The van der Waals surface area contributed by atoms with E-state index in [9.17, 15) is 9.59 Å².